The Balaban J connectivity index is 2.76. The van der Waals surface area contributed by atoms with Crippen LogP contribution in [0.2, 0.25) is 0 Å². The second kappa shape index (κ2) is 3.21. The SMILES string of the molecule is O=[N+]([O-])c1cc2c(Br)cc(O)cc2s1. The van der Waals surface area contributed by atoms with E-state index in [1.807, 2.05) is 0 Å². The zero-order valence-electron chi connectivity index (χ0n) is 6.73. The Hall–Kier alpha value is -1.14. The van der Waals surface area contributed by atoms with Crippen molar-refractivity contribution in [3.05, 3.63) is 32.8 Å². The Morgan fingerprint density at radius 2 is 2.14 bits per heavy atom. The summed E-state index contributed by atoms with van der Waals surface area (Å²) < 4.78 is 1.36. The molecule has 4 nitrogen and oxygen atoms in total. The van der Waals surface area contributed by atoms with Crippen LogP contribution in [-0.4, -0.2) is 10.0 Å². The van der Waals surface area contributed by atoms with Gasteiger partial charge < -0.3 is 5.11 Å². The standard InChI is InChI=1S/C8H4BrNO3S/c9-6-1-4(11)2-7-5(6)3-8(14-7)10(12)13/h1-3,11H. The van der Waals surface area contributed by atoms with Gasteiger partial charge in [-0.25, -0.2) is 0 Å². The molecule has 1 aromatic heterocycles. The number of benzene rings is 1. The number of nitrogens with zero attached hydrogens (tertiary/aromatic N) is 1. The average Bonchev–Trinajstić information content (AvgIpc) is 2.47. The number of hydrogen-bond acceptors (Lipinski definition) is 4. The van der Waals surface area contributed by atoms with Crippen LogP contribution in [0.25, 0.3) is 10.1 Å². The van der Waals surface area contributed by atoms with Crippen LogP contribution < -0.4 is 0 Å². The van der Waals surface area contributed by atoms with Crippen LogP contribution in [0.4, 0.5) is 5.00 Å². The second-order valence-corrected chi connectivity index (χ2v) is 4.60. The van der Waals surface area contributed by atoms with Crippen molar-refractivity contribution in [1.29, 1.82) is 0 Å². The number of phenols is 1. The van der Waals surface area contributed by atoms with Crippen LogP contribution in [0.1, 0.15) is 0 Å². The van der Waals surface area contributed by atoms with Crippen molar-refractivity contribution in [2.45, 2.75) is 0 Å². The first-order valence-electron chi connectivity index (χ1n) is 3.64. The van der Waals surface area contributed by atoms with Crippen LogP contribution >= 0.6 is 27.3 Å². The molecule has 0 bridgehead atoms. The first-order valence-corrected chi connectivity index (χ1v) is 5.25. The van der Waals surface area contributed by atoms with E-state index in [1.54, 1.807) is 0 Å². The van der Waals surface area contributed by atoms with E-state index < -0.39 is 4.92 Å². The fourth-order valence-corrected chi connectivity index (χ4v) is 2.79. The molecule has 1 aromatic carbocycles. The summed E-state index contributed by atoms with van der Waals surface area (Å²) in [6.45, 7) is 0. The van der Waals surface area contributed by atoms with Crippen LogP contribution in [0.5, 0.6) is 5.75 Å². The summed E-state index contributed by atoms with van der Waals surface area (Å²) in [6.07, 6.45) is 0. The lowest BCUT2D eigenvalue weighted by Crippen LogP contribution is -1.80. The highest BCUT2D eigenvalue weighted by Crippen LogP contribution is 2.37. The van der Waals surface area contributed by atoms with E-state index in [0.717, 1.165) is 16.7 Å². The van der Waals surface area contributed by atoms with Gasteiger partial charge in [-0.3, -0.25) is 10.1 Å². The molecule has 0 aliphatic carbocycles. The maximum absolute atomic E-state index is 10.5. The number of rotatable bonds is 1. The van der Waals surface area contributed by atoms with E-state index in [4.69, 9.17) is 0 Å². The summed E-state index contributed by atoms with van der Waals surface area (Å²) in [5.74, 6) is 0.0983. The summed E-state index contributed by atoms with van der Waals surface area (Å²) >= 11 is 4.28. The molecule has 0 atom stereocenters. The van der Waals surface area contributed by atoms with E-state index in [-0.39, 0.29) is 10.8 Å². The van der Waals surface area contributed by atoms with E-state index >= 15 is 0 Å². The van der Waals surface area contributed by atoms with Gasteiger partial charge in [0.25, 0.3) is 0 Å². The molecule has 0 saturated carbocycles. The molecule has 2 aromatic rings. The van der Waals surface area contributed by atoms with Crippen molar-refractivity contribution >= 4 is 42.4 Å². The molecule has 1 N–H and O–H groups in total. The van der Waals surface area contributed by atoms with E-state index in [9.17, 15) is 15.2 Å². The minimum absolute atomic E-state index is 0.0753. The largest absolute Gasteiger partial charge is 0.508 e. The van der Waals surface area contributed by atoms with Gasteiger partial charge in [0.1, 0.15) is 5.75 Å². The van der Waals surface area contributed by atoms with Gasteiger partial charge in [-0.05, 0) is 28.1 Å². The minimum Gasteiger partial charge on any atom is -0.508 e. The Kier molecular flexibility index (Phi) is 2.16. The Bertz CT molecular complexity index is 523. The third kappa shape index (κ3) is 1.46. The van der Waals surface area contributed by atoms with Crippen LogP contribution in [0.3, 0.4) is 0 Å². The molecule has 2 rings (SSSR count). The minimum atomic E-state index is -0.436. The van der Waals surface area contributed by atoms with E-state index in [0.29, 0.717) is 9.17 Å². The molecule has 1 heterocycles. The Morgan fingerprint density at radius 3 is 2.79 bits per heavy atom. The molecule has 0 aliphatic rings. The van der Waals surface area contributed by atoms with Crippen molar-refractivity contribution in [2.24, 2.45) is 0 Å². The third-order valence-corrected chi connectivity index (χ3v) is 3.43. The highest BCUT2D eigenvalue weighted by Gasteiger charge is 2.13. The highest BCUT2D eigenvalue weighted by molar-refractivity contribution is 9.10. The molecule has 72 valence electrons. The zero-order valence-corrected chi connectivity index (χ0v) is 9.13. The van der Waals surface area contributed by atoms with Crippen LogP contribution in [0.15, 0.2) is 22.7 Å². The molecule has 0 spiro atoms. The smallest absolute Gasteiger partial charge is 0.325 e. The number of nitro groups is 1. The van der Waals surface area contributed by atoms with Gasteiger partial charge in [0.15, 0.2) is 0 Å². The van der Waals surface area contributed by atoms with E-state index in [1.165, 1.54) is 18.2 Å². The molecular formula is C8H4BrNO3S. The van der Waals surface area contributed by atoms with Crippen molar-refractivity contribution < 1.29 is 10.0 Å². The summed E-state index contributed by atoms with van der Waals surface area (Å²) in [7, 11) is 0. The molecule has 0 amide bonds. The lowest BCUT2D eigenvalue weighted by atomic mass is 10.2. The van der Waals surface area contributed by atoms with Gasteiger partial charge in [-0.1, -0.05) is 11.3 Å². The predicted octanol–water partition coefficient (Wildman–Crippen LogP) is 3.28. The second-order valence-electron chi connectivity index (χ2n) is 2.68. The number of phenolic OH excluding ortho intramolecular Hbond substituents is 1. The maximum atomic E-state index is 10.5. The first-order chi connectivity index (χ1) is 6.58. The molecule has 14 heavy (non-hydrogen) atoms. The number of fused-ring (bicyclic) bond motifs is 1. The fourth-order valence-electron chi connectivity index (χ4n) is 1.16. The molecular weight excluding hydrogens is 270 g/mol. The van der Waals surface area contributed by atoms with Gasteiger partial charge in [0.05, 0.1) is 4.92 Å². The summed E-state index contributed by atoms with van der Waals surface area (Å²) in [5, 5.41) is 20.6. The van der Waals surface area contributed by atoms with Gasteiger partial charge in [0, 0.05) is 20.6 Å². The number of aromatic hydroxyl groups is 1. The molecule has 0 radical (unpaired) electrons. The summed E-state index contributed by atoms with van der Waals surface area (Å²) in [6, 6.07) is 4.51. The maximum Gasteiger partial charge on any atom is 0.325 e. The molecule has 0 saturated heterocycles. The monoisotopic (exact) mass is 273 g/mol. The molecule has 0 aliphatic heterocycles. The van der Waals surface area contributed by atoms with Crippen molar-refractivity contribution in [3.8, 4) is 5.75 Å². The highest BCUT2D eigenvalue weighted by atomic mass is 79.9. The lowest BCUT2D eigenvalue weighted by Gasteiger charge is -1.94. The quantitative estimate of drug-likeness (QED) is 0.641. The topological polar surface area (TPSA) is 63.4 Å². The van der Waals surface area contributed by atoms with Crippen LogP contribution in [0, 0.1) is 10.1 Å². The van der Waals surface area contributed by atoms with Gasteiger partial charge >= 0.3 is 5.00 Å². The van der Waals surface area contributed by atoms with Gasteiger partial charge in [-0.2, -0.15) is 0 Å². The molecule has 0 unspecified atom stereocenters. The number of halogens is 1. The first kappa shape index (κ1) is 9.42. The van der Waals surface area contributed by atoms with Crippen molar-refractivity contribution in [3.63, 3.8) is 0 Å². The normalized spacial score (nSPS) is 10.6. The van der Waals surface area contributed by atoms with Gasteiger partial charge in [0.2, 0.25) is 0 Å². The van der Waals surface area contributed by atoms with Crippen molar-refractivity contribution in [2.75, 3.05) is 0 Å². The Labute approximate surface area is 91.1 Å². The fraction of sp³-hybridized carbons (Fsp3) is 0. The number of thiophene rings is 1. The van der Waals surface area contributed by atoms with E-state index in [2.05, 4.69) is 15.9 Å². The molecule has 6 heteroatoms. The third-order valence-electron chi connectivity index (χ3n) is 1.74. The van der Waals surface area contributed by atoms with Gasteiger partial charge in [-0.15, -0.1) is 0 Å². The zero-order chi connectivity index (χ0) is 10.3. The van der Waals surface area contributed by atoms with Crippen molar-refractivity contribution in [1.82, 2.24) is 0 Å². The Morgan fingerprint density at radius 1 is 1.43 bits per heavy atom. The summed E-state index contributed by atoms with van der Waals surface area (Å²) in [4.78, 5) is 10.1. The predicted molar refractivity (Wildman–Crippen MR) is 57.8 cm³/mol. The molecule has 0 fully saturated rings. The summed E-state index contributed by atoms with van der Waals surface area (Å²) in [5.41, 5.74) is 0. The average molecular weight is 274 g/mol. The number of hydrogen-bond donors (Lipinski definition) is 1. The van der Waals surface area contributed by atoms with Crippen LogP contribution in [-0.2, 0) is 0 Å². The lowest BCUT2D eigenvalue weighted by molar-refractivity contribution is -0.380.